The topological polar surface area (TPSA) is 91.8 Å². The van der Waals surface area contributed by atoms with Crippen molar-refractivity contribution in [3.05, 3.63) is 42.5 Å². The van der Waals surface area contributed by atoms with Gasteiger partial charge in [-0.15, -0.1) is 0 Å². The molecule has 2 rings (SSSR count). The molecule has 0 heterocycles. The van der Waals surface area contributed by atoms with Crippen LogP contribution in [-0.2, 0) is 10.0 Å². The largest absolute Gasteiger partial charge is 0.494 e. The average Bonchev–Trinajstić information content (AvgIpc) is 2.64. The van der Waals surface area contributed by atoms with E-state index < -0.39 is 10.0 Å². The Morgan fingerprint density at radius 3 is 2.41 bits per heavy atom. The second-order valence-corrected chi connectivity index (χ2v) is 7.99. The van der Waals surface area contributed by atoms with Crippen molar-refractivity contribution in [1.29, 1.82) is 0 Å². The maximum Gasteiger partial charge on any atom is 0.208 e. The molecule has 8 heteroatoms. The zero-order chi connectivity index (χ0) is 19.5. The van der Waals surface area contributed by atoms with Crippen LogP contribution in [0.2, 0.25) is 0 Å². The molecule has 7 nitrogen and oxygen atoms in total. The van der Waals surface area contributed by atoms with Crippen LogP contribution in [0.3, 0.4) is 0 Å². The quantitative estimate of drug-likeness (QED) is 0.325. The maximum atomic E-state index is 11.0. The van der Waals surface area contributed by atoms with E-state index in [4.69, 9.17) is 4.74 Å². The Labute approximate surface area is 161 Å². The zero-order valence-corrected chi connectivity index (χ0v) is 16.7. The molecule has 0 unspecified atom stereocenters. The van der Waals surface area contributed by atoms with Crippen molar-refractivity contribution in [3.8, 4) is 5.75 Å². The number of sulfonamides is 1. The summed E-state index contributed by atoms with van der Waals surface area (Å²) in [5, 5.41) is 8.73. The third-order valence-corrected chi connectivity index (χ3v) is 4.57. The first-order valence-corrected chi connectivity index (χ1v) is 10.9. The van der Waals surface area contributed by atoms with Crippen molar-refractivity contribution in [2.75, 3.05) is 39.5 Å². The van der Waals surface area contributed by atoms with Crippen LogP contribution in [0.15, 0.2) is 47.5 Å². The van der Waals surface area contributed by atoms with Crippen molar-refractivity contribution in [2.24, 2.45) is 4.99 Å². The summed E-state index contributed by atoms with van der Waals surface area (Å²) in [4.78, 5) is 4.14. The number of ether oxygens (including phenoxy) is 1. The number of nitrogens with one attached hydrogen (secondary N) is 3. The second kappa shape index (κ2) is 10.7. The van der Waals surface area contributed by atoms with Crippen LogP contribution in [-0.4, -0.2) is 53.9 Å². The first-order valence-electron chi connectivity index (χ1n) is 8.99. The predicted octanol–water partition coefficient (Wildman–Crippen LogP) is 1.71. The molecule has 2 aromatic carbocycles. The molecule has 148 valence electrons. The standard InChI is InChI=1S/C19H28N4O3S/c1-20-19(21-11-5-13-23-27(2,24)25)22-12-6-14-26-18-10-9-16-7-3-4-8-17(16)15-18/h3-4,7-10,15,23H,5-6,11-14H2,1-2H3,(H2,20,21,22). The number of guanidine groups is 1. The molecule has 0 aliphatic heterocycles. The lowest BCUT2D eigenvalue weighted by Crippen LogP contribution is -2.39. The van der Waals surface area contributed by atoms with Crippen LogP contribution < -0.4 is 20.1 Å². The van der Waals surface area contributed by atoms with Crippen LogP contribution in [0.25, 0.3) is 10.8 Å². The van der Waals surface area contributed by atoms with E-state index in [0.29, 0.717) is 32.1 Å². The minimum absolute atomic E-state index is 0.405. The highest BCUT2D eigenvalue weighted by atomic mass is 32.2. The van der Waals surface area contributed by atoms with Crippen LogP contribution in [0.4, 0.5) is 0 Å². The van der Waals surface area contributed by atoms with E-state index >= 15 is 0 Å². The van der Waals surface area contributed by atoms with Gasteiger partial charge in [0.1, 0.15) is 5.75 Å². The van der Waals surface area contributed by atoms with Gasteiger partial charge in [-0.1, -0.05) is 30.3 Å². The van der Waals surface area contributed by atoms with Crippen LogP contribution in [0, 0.1) is 0 Å². The van der Waals surface area contributed by atoms with E-state index in [1.165, 1.54) is 10.8 Å². The third kappa shape index (κ3) is 8.27. The fourth-order valence-corrected chi connectivity index (χ4v) is 3.01. The lowest BCUT2D eigenvalue weighted by atomic mass is 10.1. The molecule has 0 atom stereocenters. The van der Waals surface area contributed by atoms with Gasteiger partial charge in [-0.05, 0) is 35.7 Å². The molecule has 0 radical (unpaired) electrons. The van der Waals surface area contributed by atoms with E-state index in [1.54, 1.807) is 7.05 Å². The van der Waals surface area contributed by atoms with Crippen LogP contribution in [0.5, 0.6) is 5.75 Å². The predicted molar refractivity (Wildman–Crippen MR) is 111 cm³/mol. The normalized spacial score (nSPS) is 12.1. The number of rotatable bonds is 10. The highest BCUT2D eigenvalue weighted by Crippen LogP contribution is 2.20. The third-order valence-electron chi connectivity index (χ3n) is 3.84. The molecule has 27 heavy (non-hydrogen) atoms. The Morgan fingerprint density at radius 2 is 1.70 bits per heavy atom. The summed E-state index contributed by atoms with van der Waals surface area (Å²) in [6.45, 7) is 2.38. The number of fused-ring (bicyclic) bond motifs is 1. The zero-order valence-electron chi connectivity index (χ0n) is 15.9. The minimum atomic E-state index is -3.12. The van der Waals surface area contributed by atoms with E-state index in [1.807, 2.05) is 24.3 Å². The van der Waals surface area contributed by atoms with E-state index in [2.05, 4.69) is 38.5 Å². The fraction of sp³-hybridized carbons (Fsp3) is 0.421. The first-order chi connectivity index (χ1) is 13.0. The van der Waals surface area contributed by atoms with Crippen molar-refractivity contribution in [1.82, 2.24) is 15.4 Å². The van der Waals surface area contributed by atoms with E-state index in [9.17, 15) is 8.42 Å². The number of nitrogens with zero attached hydrogens (tertiary/aromatic N) is 1. The molecule has 0 aliphatic carbocycles. The second-order valence-electron chi connectivity index (χ2n) is 6.16. The Bertz CT molecular complexity index is 853. The lowest BCUT2D eigenvalue weighted by molar-refractivity contribution is 0.311. The van der Waals surface area contributed by atoms with Gasteiger partial charge < -0.3 is 15.4 Å². The molecule has 0 saturated heterocycles. The summed E-state index contributed by atoms with van der Waals surface area (Å²) in [6.07, 6.45) is 2.67. The Kier molecular flexibility index (Phi) is 8.35. The van der Waals surface area contributed by atoms with E-state index in [0.717, 1.165) is 25.0 Å². The fourth-order valence-electron chi connectivity index (χ4n) is 2.50. The van der Waals surface area contributed by atoms with Gasteiger partial charge in [0.25, 0.3) is 0 Å². The average molecular weight is 393 g/mol. The summed E-state index contributed by atoms with van der Waals surface area (Å²) in [7, 11) is -1.42. The SMILES string of the molecule is CN=C(NCCCNS(C)(=O)=O)NCCCOc1ccc2ccccc2c1. The molecule has 2 aromatic rings. The van der Waals surface area contributed by atoms with Gasteiger partial charge in [-0.3, -0.25) is 4.99 Å². The van der Waals surface area contributed by atoms with Gasteiger partial charge in [0.15, 0.2) is 5.96 Å². The summed E-state index contributed by atoms with van der Waals surface area (Å²) in [5.41, 5.74) is 0. The first kappa shape index (κ1) is 21.0. The molecule has 0 saturated carbocycles. The van der Waals surface area contributed by atoms with E-state index in [-0.39, 0.29) is 0 Å². The molecule has 0 fully saturated rings. The minimum Gasteiger partial charge on any atom is -0.494 e. The summed E-state index contributed by atoms with van der Waals surface area (Å²) < 4.78 is 30.2. The molecule has 0 bridgehead atoms. The van der Waals surface area contributed by atoms with Crippen molar-refractivity contribution in [3.63, 3.8) is 0 Å². The van der Waals surface area contributed by atoms with Gasteiger partial charge >= 0.3 is 0 Å². The van der Waals surface area contributed by atoms with Gasteiger partial charge in [0.2, 0.25) is 10.0 Å². The number of aliphatic imine (C=N–C) groups is 1. The lowest BCUT2D eigenvalue weighted by Gasteiger charge is -2.12. The van der Waals surface area contributed by atoms with Gasteiger partial charge in [0, 0.05) is 26.7 Å². The van der Waals surface area contributed by atoms with Crippen molar-refractivity contribution >= 4 is 26.8 Å². The Hall–Kier alpha value is -2.32. The molecular formula is C19H28N4O3S. The molecule has 0 aromatic heterocycles. The van der Waals surface area contributed by atoms with Crippen molar-refractivity contribution in [2.45, 2.75) is 12.8 Å². The molecule has 0 amide bonds. The van der Waals surface area contributed by atoms with Gasteiger partial charge in [0.05, 0.1) is 12.9 Å². The van der Waals surface area contributed by atoms with Crippen LogP contribution >= 0.6 is 0 Å². The molecule has 0 aliphatic rings. The highest BCUT2D eigenvalue weighted by Gasteiger charge is 2.01. The summed E-state index contributed by atoms with van der Waals surface area (Å²) in [6, 6.07) is 14.3. The Morgan fingerprint density at radius 1 is 1.00 bits per heavy atom. The Balaban J connectivity index is 1.60. The van der Waals surface area contributed by atoms with Gasteiger partial charge in [-0.2, -0.15) is 0 Å². The summed E-state index contributed by atoms with van der Waals surface area (Å²) in [5.74, 6) is 1.56. The number of hydrogen-bond donors (Lipinski definition) is 3. The molecular weight excluding hydrogens is 364 g/mol. The summed E-state index contributed by atoms with van der Waals surface area (Å²) >= 11 is 0. The highest BCUT2D eigenvalue weighted by molar-refractivity contribution is 7.88. The molecule has 0 spiro atoms. The monoisotopic (exact) mass is 392 g/mol. The van der Waals surface area contributed by atoms with Gasteiger partial charge in [-0.25, -0.2) is 13.1 Å². The van der Waals surface area contributed by atoms with Crippen molar-refractivity contribution < 1.29 is 13.2 Å². The molecule has 3 N–H and O–H groups in total. The van der Waals surface area contributed by atoms with Crippen LogP contribution in [0.1, 0.15) is 12.8 Å². The number of benzene rings is 2. The maximum absolute atomic E-state index is 11.0. The smallest absolute Gasteiger partial charge is 0.208 e. The number of hydrogen-bond acceptors (Lipinski definition) is 4.